The number of hydrogen-bond donors (Lipinski definition) is 2. The van der Waals surface area contributed by atoms with Crippen LogP contribution in [0.5, 0.6) is 0 Å². The molecule has 0 radical (unpaired) electrons. The Morgan fingerprint density at radius 1 is 1.56 bits per heavy atom. The summed E-state index contributed by atoms with van der Waals surface area (Å²) in [4.78, 5) is 11.5. The Morgan fingerprint density at radius 2 is 2.31 bits per heavy atom. The molecule has 2 N–H and O–H groups in total. The van der Waals surface area contributed by atoms with E-state index < -0.39 is 0 Å². The Labute approximate surface area is 96.2 Å². The molecule has 0 spiro atoms. The monoisotopic (exact) mass is 224 g/mol. The first-order valence-corrected chi connectivity index (χ1v) is 5.61. The van der Waals surface area contributed by atoms with Crippen molar-refractivity contribution >= 4 is 11.7 Å². The van der Waals surface area contributed by atoms with Crippen molar-refractivity contribution in [2.24, 2.45) is 7.05 Å². The summed E-state index contributed by atoms with van der Waals surface area (Å²) in [5.74, 6) is 0.633. The molecule has 0 aromatic carbocycles. The highest BCUT2D eigenvalue weighted by molar-refractivity contribution is 5.89. The summed E-state index contributed by atoms with van der Waals surface area (Å²) in [7, 11) is 1.82. The first-order valence-electron chi connectivity index (χ1n) is 5.61. The van der Waals surface area contributed by atoms with E-state index in [2.05, 4.69) is 29.6 Å². The fraction of sp³-hybridized carbons (Fsp3) is 0.636. The lowest BCUT2D eigenvalue weighted by Crippen LogP contribution is -2.24. The molecule has 16 heavy (non-hydrogen) atoms. The molecule has 90 valence electrons. The number of carbonyl (C=O) groups excluding carboxylic acids is 1. The molecule has 1 rings (SSSR count). The molecule has 0 fully saturated rings. The van der Waals surface area contributed by atoms with Crippen LogP contribution in [0.15, 0.2) is 12.3 Å². The van der Waals surface area contributed by atoms with Crippen molar-refractivity contribution in [2.75, 3.05) is 11.9 Å². The van der Waals surface area contributed by atoms with Gasteiger partial charge in [-0.2, -0.15) is 5.10 Å². The van der Waals surface area contributed by atoms with Crippen molar-refractivity contribution in [3.8, 4) is 0 Å². The molecule has 0 aliphatic rings. The van der Waals surface area contributed by atoms with Crippen LogP contribution in [0.4, 0.5) is 5.82 Å². The molecule has 0 atom stereocenters. The second-order valence-corrected chi connectivity index (χ2v) is 4.14. The molecule has 5 heteroatoms. The standard InChI is InChI=1S/C11H20N4O/c1-9(2)12-7-4-5-11(16)13-10-6-8-15(3)14-10/h6,8-9,12H,4-5,7H2,1-3H3,(H,13,14,16). The Morgan fingerprint density at radius 3 is 2.88 bits per heavy atom. The molecule has 0 bridgehead atoms. The van der Waals surface area contributed by atoms with E-state index in [-0.39, 0.29) is 5.91 Å². The maximum Gasteiger partial charge on any atom is 0.225 e. The van der Waals surface area contributed by atoms with Gasteiger partial charge in [0.15, 0.2) is 5.82 Å². The van der Waals surface area contributed by atoms with E-state index in [0.717, 1.165) is 13.0 Å². The average molecular weight is 224 g/mol. The summed E-state index contributed by atoms with van der Waals surface area (Å²) in [5.41, 5.74) is 0. The van der Waals surface area contributed by atoms with Crippen LogP contribution < -0.4 is 10.6 Å². The van der Waals surface area contributed by atoms with E-state index in [4.69, 9.17) is 0 Å². The zero-order valence-corrected chi connectivity index (χ0v) is 10.2. The largest absolute Gasteiger partial charge is 0.315 e. The van der Waals surface area contributed by atoms with Crippen molar-refractivity contribution in [3.05, 3.63) is 12.3 Å². The molecule has 0 unspecified atom stereocenters. The van der Waals surface area contributed by atoms with E-state index in [0.29, 0.717) is 18.3 Å². The SMILES string of the molecule is CC(C)NCCCC(=O)Nc1ccn(C)n1. The van der Waals surface area contributed by atoms with E-state index >= 15 is 0 Å². The third kappa shape index (κ3) is 4.93. The molecular formula is C11H20N4O. The van der Waals surface area contributed by atoms with Crippen LogP contribution in [0.25, 0.3) is 0 Å². The third-order valence-electron chi connectivity index (χ3n) is 2.11. The summed E-state index contributed by atoms with van der Waals surface area (Å²) in [5, 5.41) is 10.1. The Bertz CT molecular complexity index is 332. The fourth-order valence-corrected chi connectivity index (χ4v) is 1.33. The van der Waals surface area contributed by atoms with Gasteiger partial charge in [-0.05, 0) is 13.0 Å². The molecule has 0 saturated heterocycles. The van der Waals surface area contributed by atoms with Crippen molar-refractivity contribution in [1.82, 2.24) is 15.1 Å². The second kappa shape index (κ2) is 6.27. The Kier molecular flexibility index (Phi) is 4.98. The average Bonchev–Trinajstić information content (AvgIpc) is 2.58. The minimum Gasteiger partial charge on any atom is -0.315 e. The summed E-state index contributed by atoms with van der Waals surface area (Å²) in [6.07, 6.45) is 3.17. The number of carbonyl (C=O) groups is 1. The summed E-state index contributed by atoms with van der Waals surface area (Å²) in [6, 6.07) is 2.25. The van der Waals surface area contributed by atoms with Crippen LogP contribution in [0.3, 0.4) is 0 Å². The Balaban J connectivity index is 2.16. The molecule has 1 aromatic rings. The highest BCUT2D eigenvalue weighted by Gasteiger charge is 2.03. The maximum atomic E-state index is 11.5. The highest BCUT2D eigenvalue weighted by Crippen LogP contribution is 2.02. The second-order valence-electron chi connectivity index (χ2n) is 4.14. The first kappa shape index (κ1) is 12.7. The lowest BCUT2D eigenvalue weighted by Gasteiger charge is -2.07. The van der Waals surface area contributed by atoms with Gasteiger partial charge in [0.1, 0.15) is 0 Å². The van der Waals surface area contributed by atoms with Gasteiger partial charge in [0.2, 0.25) is 5.91 Å². The normalized spacial score (nSPS) is 10.8. The predicted molar refractivity (Wildman–Crippen MR) is 64.2 cm³/mol. The van der Waals surface area contributed by atoms with Gasteiger partial charge < -0.3 is 10.6 Å². The molecule has 0 saturated carbocycles. The zero-order chi connectivity index (χ0) is 12.0. The van der Waals surface area contributed by atoms with Gasteiger partial charge in [0, 0.05) is 31.8 Å². The van der Waals surface area contributed by atoms with E-state index in [9.17, 15) is 4.79 Å². The number of nitrogens with one attached hydrogen (secondary N) is 2. The van der Waals surface area contributed by atoms with Gasteiger partial charge >= 0.3 is 0 Å². The molecule has 1 amide bonds. The number of amides is 1. The van der Waals surface area contributed by atoms with Gasteiger partial charge in [0.25, 0.3) is 0 Å². The van der Waals surface area contributed by atoms with Crippen molar-refractivity contribution < 1.29 is 4.79 Å². The fourth-order valence-electron chi connectivity index (χ4n) is 1.33. The zero-order valence-electron chi connectivity index (χ0n) is 10.2. The molecule has 0 aliphatic heterocycles. The van der Waals surface area contributed by atoms with Gasteiger partial charge in [0.05, 0.1) is 0 Å². The number of rotatable bonds is 6. The number of aryl methyl sites for hydroxylation is 1. The number of anilines is 1. The minimum atomic E-state index is 0.0178. The highest BCUT2D eigenvalue weighted by atomic mass is 16.1. The molecule has 1 heterocycles. The summed E-state index contributed by atoms with van der Waals surface area (Å²) in [6.45, 7) is 5.05. The van der Waals surface area contributed by atoms with Crippen LogP contribution >= 0.6 is 0 Å². The quantitative estimate of drug-likeness (QED) is 0.712. The topological polar surface area (TPSA) is 59.0 Å². The lowest BCUT2D eigenvalue weighted by atomic mass is 10.2. The van der Waals surface area contributed by atoms with E-state index in [1.165, 1.54) is 0 Å². The van der Waals surface area contributed by atoms with Gasteiger partial charge in [-0.1, -0.05) is 13.8 Å². The van der Waals surface area contributed by atoms with Crippen LogP contribution in [-0.2, 0) is 11.8 Å². The van der Waals surface area contributed by atoms with Crippen molar-refractivity contribution in [2.45, 2.75) is 32.7 Å². The van der Waals surface area contributed by atoms with Crippen LogP contribution in [0, 0.1) is 0 Å². The smallest absolute Gasteiger partial charge is 0.225 e. The van der Waals surface area contributed by atoms with Gasteiger partial charge in [-0.25, -0.2) is 0 Å². The lowest BCUT2D eigenvalue weighted by molar-refractivity contribution is -0.116. The van der Waals surface area contributed by atoms with Crippen molar-refractivity contribution in [1.29, 1.82) is 0 Å². The van der Waals surface area contributed by atoms with Crippen LogP contribution in [0.2, 0.25) is 0 Å². The molecule has 5 nitrogen and oxygen atoms in total. The van der Waals surface area contributed by atoms with Crippen LogP contribution in [-0.4, -0.2) is 28.3 Å². The first-order chi connectivity index (χ1) is 7.58. The number of aromatic nitrogens is 2. The van der Waals surface area contributed by atoms with Crippen molar-refractivity contribution in [3.63, 3.8) is 0 Å². The van der Waals surface area contributed by atoms with Gasteiger partial charge in [-0.15, -0.1) is 0 Å². The third-order valence-corrected chi connectivity index (χ3v) is 2.11. The molecule has 0 aliphatic carbocycles. The molecule has 1 aromatic heterocycles. The number of nitrogens with zero attached hydrogens (tertiary/aromatic N) is 2. The van der Waals surface area contributed by atoms with Crippen LogP contribution in [0.1, 0.15) is 26.7 Å². The molecular weight excluding hydrogens is 204 g/mol. The van der Waals surface area contributed by atoms with Gasteiger partial charge in [-0.3, -0.25) is 9.48 Å². The summed E-state index contributed by atoms with van der Waals surface area (Å²) < 4.78 is 1.66. The maximum absolute atomic E-state index is 11.5. The minimum absolute atomic E-state index is 0.0178. The van der Waals surface area contributed by atoms with E-state index in [1.807, 2.05) is 7.05 Å². The predicted octanol–water partition coefficient (Wildman–Crippen LogP) is 1.14. The Hall–Kier alpha value is -1.36. The summed E-state index contributed by atoms with van der Waals surface area (Å²) >= 11 is 0. The number of hydrogen-bond acceptors (Lipinski definition) is 3. The van der Waals surface area contributed by atoms with E-state index in [1.54, 1.807) is 16.9 Å².